The van der Waals surface area contributed by atoms with E-state index in [1.165, 1.54) is 0 Å². The predicted octanol–water partition coefficient (Wildman–Crippen LogP) is 4.14. The van der Waals surface area contributed by atoms with Crippen molar-refractivity contribution in [3.05, 3.63) is 0 Å². The Morgan fingerprint density at radius 1 is 1.26 bits per heavy atom. The van der Waals surface area contributed by atoms with Crippen molar-refractivity contribution in [1.82, 2.24) is 10.6 Å². The van der Waals surface area contributed by atoms with Gasteiger partial charge in [-0.05, 0) is 59.8 Å². The summed E-state index contributed by atoms with van der Waals surface area (Å²) in [6.07, 6.45) is -1.97. The minimum atomic E-state index is -4.09. The number of amides is 1. The summed E-state index contributed by atoms with van der Waals surface area (Å²) >= 11 is 0. The van der Waals surface area contributed by atoms with Crippen LogP contribution in [0.5, 0.6) is 0 Å². The van der Waals surface area contributed by atoms with Crippen LogP contribution in [0.15, 0.2) is 0 Å². The number of nitrogens with one attached hydrogen (secondary N) is 2. The van der Waals surface area contributed by atoms with Crippen LogP contribution >= 0.6 is 0 Å². The van der Waals surface area contributed by atoms with E-state index >= 15 is 0 Å². The molecule has 1 amide bonds. The number of halogens is 3. The number of rotatable bonds is 7. The number of ether oxygens (including phenoxy) is 1. The zero-order chi connectivity index (χ0) is 17.7. The fourth-order valence-electron chi connectivity index (χ4n) is 2.55. The molecule has 0 heterocycles. The summed E-state index contributed by atoms with van der Waals surface area (Å²) in [7, 11) is 0. The summed E-state index contributed by atoms with van der Waals surface area (Å²) in [5, 5.41) is 6.16. The van der Waals surface area contributed by atoms with Crippen LogP contribution < -0.4 is 10.6 Å². The Kier molecular flexibility index (Phi) is 6.74. The smallest absolute Gasteiger partial charge is 0.408 e. The monoisotopic (exact) mass is 338 g/mol. The van der Waals surface area contributed by atoms with E-state index in [2.05, 4.69) is 10.6 Å². The molecule has 23 heavy (non-hydrogen) atoms. The van der Waals surface area contributed by atoms with E-state index in [0.717, 1.165) is 19.3 Å². The molecular weight excluding hydrogens is 309 g/mol. The van der Waals surface area contributed by atoms with Gasteiger partial charge < -0.3 is 15.4 Å². The van der Waals surface area contributed by atoms with Gasteiger partial charge in [-0.15, -0.1) is 0 Å². The van der Waals surface area contributed by atoms with Crippen LogP contribution in [0.25, 0.3) is 0 Å². The van der Waals surface area contributed by atoms with E-state index in [1.807, 2.05) is 6.92 Å². The zero-order valence-corrected chi connectivity index (χ0v) is 14.5. The lowest BCUT2D eigenvalue weighted by atomic mass is 9.76. The first kappa shape index (κ1) is 20.1. The molecule has 0 saturated heterocycles. The molecule has 0 aliphatic heterocycles. The number of hydrogen-bond acceptors (Lipinski definition) is 3. The molecule has 1 fully saturated rings. The van der Waals surface area contributed by atoms with Crippen molar-refractivity contribution >= 4 is 6.09 Å². The maximum atomic E-state index is 12.1. The molecule has 4 nitrogen and oxygen atoms in total. The van der Waals surface area contributed by atoms with Gasteiger partial charge in [0, 0.05) is 19.0 Å². The van der Waals surface area contributed by atoms with E-state index in [4.69, 9.17) is 4.74 Å². The SMILES string of the molecule is CC(CCCC(F)(F)F)NCC1(NC(=O)OC(C)(C)C)CCC1. The van der Waals surface area contributed by atoms with Gasteiger partial charge >= 0.3 is 12.3 Å². The fourth-order valence-corrected chi connectivity index (χ4v) is 2.55. The normalized spacial score (nSPS) is 18.9. The van der Waals surface area contributed by atoms with E-state index in [9.17, 15) is 18.0 Å². The molecule has 1 aliphatic carbocycles. The quantitative estimate of drug-likeness (QED) is 0.733. The molecule has 0 spiro atoms. The summed E-state index contributed by atoms with van der Waals surface area (Å²) in [5.41, 5.74) is -0.881. The van der Waals surface area contributed by atoms with Gasteiger partial charge in [-0.25, -0.2) is 4.79 Å². The van der Waals surface area contributed by atoms with Crippen LogP contribution in [-0.2, 0) is 4.74 Å². The molecule has 1 atom stereocenters. The first-order valence-electron chi connectivity index (χ1n) is 8.22. The van der Waals surface area contributed by atoms with Gasteiger partial charge in [0.1, 0.15) is 5.60 Å². The van der Waals surface area contributed by atoms with Crippen molar-refractivity contribution in [2.75, 3.05) is 6.54 Å². The lowest BCUT2D eigenvalue weighted by Gasteiger charge is -2.43. The molecule has 7 heteroatoms. The van der Waals surface area contributed by atoms with Gasteiger partial charge in [-0.2, -0.15) is 13.2 Å². The van der Waals surface area contributed by atoms with Crippen LogP contribution in [0.2, 0.25) is 0 Å². The van der Waals surface area contributed by atoms with Gasteiger partial charge in [-0.1, -0.05) is 0 Å². The number of alkyl halides is 3. The minimum Gasteiger partial charge on any atom is -0.444 e. The Balaban J connectivity index is 2.33. The lowest BCUT2D eigenvalue weighted by molar-refractivity contribution is -0.135. The van der Waals surface area contributed by atoms with Crippen molar-refractivity contribution < 1.29 is 22.7 Å². The highest BCUT2D eigenvalue weighted by Gasteiger charge is 2.39. The zero-order valence-electron chi connectivity index (χ0n) is 14.5. The molecule has 0 aromatic heterocycles. The summed E-state index contributed by atoms with van der Waals surface area (Å²) in [6, 6.07) is -0.0183. The van der Waals surface area contributed by atoms with Gasteiger partial charge in [0.2, 0.25) is 0 Å². The van der Waals surface area contributed by atoms with Crippen molar-refractivity contribution in [2.24, 2.45) is 0 Å². The molecule has 1 rings (SSSR count). The van der Waals surface area contributed by atoms with Gasteiger partial charge in [0.05, 0.1) is 5.54 Å². The maximum absolute atomic E-state index is 12.1. The third kappa shape index (κ3) is 8.44. The second kappa shape index (κ2) is 7.73. The fraction of sp³-hybridized carbons (Fsp3) is 0.938. The van der Waals surface area contributed by atoms with E-state index < -0.39 is 24.3 Å². The predicted molar refractivity (Wildman–Crippen MR) is 83.3 cm³/mol. The highest BCUT2D eigenvalue weighted by Crippen LogP contribution is 2.32. The largest absolute Gasteiger partial charge is 0.444 e. The molecule has 1 saturated carbocycles. The molecular formula is C16H29F3N2O2. The van der Waals surface area contributed by atoms with E-state index in [1.54, 1.807) is 20.8 Å². The van der Waals surface area contributed by atoms with Crippen LogP contribution in [0.4, 0.5) is 18.0 Å². The van der Waals surface area contributed by atoms with Crippen LogP contribution in [0.3, 0.4) is 0 Å². The van der Waals surface area contributed by atoms with Crippen LogP contribution in [-0.4, -0.2) is 36.0 Å². The Labute approximate surface area is 136 Å². The van der Waals surface area contributed by atoms with Gasteiger partial charge in [0.25, 0.3) is 0 Å². The molecule has 1 aliphatic rings. The van der Waals surface area contributed by atoms with Gasteiger partial charge in [0.15, 0.2) is 0 Å². The van der Waals surface area contributed by atoms with Crippen LogP contribution in [0, 0.1) is 0 Å². The number of alkyl carbamates (subject to hydrolysis) is 1. The van der Waals surface area contributed by atoms with E-state index in [-0.39, 0.29) is 18.0 Å². The molecule has 0 aromatic rings. The molecule has 136 valence electrons. The van der Waals surface area contributed by atoms with Crippen molar-refractivity contribution in [1.29, 1.82) is 0 Å². The second-order valence-electron chi connectivity index (χ2n) is 7.55. The third-order valence-corrected chi connectivity index (χ3v) is 3.96. The summed E-state index contributed by atoms with van der Waals surface area (Å²) in [5.74, 6) is 0. The standard InChI is InChI=1S/C16H29F3N2O2/c1-12(7-5-10-16(17,18)19)20-11-15(8-6-9-15)21-13(22)23-14(2,3)4/h12,20H,5-11H2,1-4H3,(H,21,22). The summed E-state index contributed by atoms with van der Waals surface area (Å²) in [6.45, 7) is 7.85. The van der Waals surface area contributed by atoms with Crippen molar-refractivity contribution in [2.45, 2.75) is 89.6 Å². The Hall–Kier alpha value is -0.980. The van der Waals surface area contributed by atoms with E-state index in [0.29, 0.717) is 13.0 Å². The number of carbonyl (C=O) groups is 1. The Morgan fingerprint density at radius 3 is 2.30 bits per heavy atom. The molecule has 0 aromatic carbocycles. The average Bonchev–Trinajstić information content (AvgIpc) is 2.28. The summed E-state index contributed by atoms with van der Waals surface area (Å²) < 4.78 is 41.7. The van der Waals surface area contributed by atoms with Gasteiger partial charge in [-0.3, -0.25) is 0 Å². The molecule has 1 unspecified atom stereocenters. The maximum Gasteiger partial charge on any atom is 0.408 e. The highest BCUT2D eigenvalue weighted by atomic mass is 19.4. The Bertz CT molecular complexity index is 388. The number of carbonyl (C=O) groups excluding carboxylic acids is 1. The number of hydrogen-bond donors (Lipinski definition) is 2. The van der Waals surface area contributed by atoms with Crippen LogP contribution in [0.1, 0.15) is 66.2 Å². The second-order valence-corrected chi connectivity index (χ2v) is 7.55. The molecule has 0 radical (unpaired) electrons. The topological polar surface area (TPSA) is 50.4 Å². The lowest BCUT2D eigenvalue weighted by Crippen LogP contribution is -2.60. The molecule has 2 N–H and O–H groups in total. The third-order valence-electron chi connectivity index (χ3n) is 3.96. The first-order chi connectivity index (χ1) is 10.4. The summed E-state index contributed by atoms with van der Waals surface area (Å²) in [4.78, 5) is 11.9. The first-order valence-corrected chi connectivity index (χ1v) is 8.22. The minimum absolute atomic E-state index is 0.0183. The van der Waals surface area contributed by atoms with Crippen molar-refractivity contribution in [3.8, 4) is 0 Å². The Morgan fingerprint density at radius 2 is 1.87 bits per heavy atom. The molecule has 0 bridgehead atoms. The highest BCUT2D eigenvalue weighted by molar-refractivity contribution is 5.69. The average molecular weight is 338 g/mol. The van der Waals surface area contributed by atoms with Crippen molar-refractivity contribution in [3.63, 3.8) is 0 Å².